The minimum absolute atomic E-state index is 0.0228. The lowest BCUT2D eigenvalue weighted by Crippen LogP contribution is -2.16. The summed E-state index contributed by atoms with van der Waals surface area (Å²) in [6.07, 6.45) is 9.09. The van der Waals surface area contributed by atoms with Gasteiger partial charge in [-0.05, 0) is 36.8 Å². The van der Waals surface area contributed by atoms with Crippen molar-refractivity contribution in [2.45, 2.75) is 12.5 Å². The molecule has 0 saturated heterocycles. The molecule has 7 heteroatoms. The maximum absolute atomic E-state index is 12.3. The number of carbonyl (C=O) groups is 1. The average molecular weight is 379 g/mol. The van der Waals surface area contributed by atoms with E-state index in [1.165, 1.54) is 11.3 Å². The Bertz CT molecular complexity index is 1010. The van der Waals surface area contributed by atoms with Gasteiger partial charge in [0.1, 0.15) is 10.8 Å². The van der Waals surface area contributed by atoms with Crippen molar-refractivity contribution in [3.05, 3.63) is 66.7 Å². The Hall–Kier alpha value is -3.03. The van der Waals surface area contributed by atoms with Gasteiger partial charge in [0.2, 0.25) is 0 Å². The van der Waals surface area contributed by atoms with Crippen LogP contribution in [0.2, 0.25) is 0 Å². The Labute approximate surface area is 160 Å². The molecule has 27 heavy (non-hydrogen) atoms. The van der Waals surface area contributed by atoms with Gasteiger partial charge < -0.3 is 9.47 Å². The highest BCUT2D eigenvalue weighted by Gasteiger charge is 2.15. The summed E-state index contributed by atoms with van der Waals surface area (Å²) in [6, 6.07) is 9.38. The summed E-state index contributed by atoms with van der Waals surface area (Å²) in [5.41, 5.74) is 2.36. The smallest absolute Gasteiger partial charge is 0.410 e. The van der Waals surface area contributed by atoms with Crippen LogP contribution in [0.5, 0.6) is 0 Å². The molecule has 1 aliphatic rings. The van der Waals surface area contributed by atoms with Crippen LogP contribution in [0.3, 0.4) is 0 Å². The molecule has 1 amide bonds. The van der Waals surface area contributed by atoms with Crippen molar-refractivity contribution < 1.29 is 14.3 Å². The first-order chi connectivity index (χ1) is 13.2. The number of amides is 1. The number of thiazole rings is 1. The molecule has 1 unspecified atom stereocenters. The van der Waals surface area contributed by atoms with E-state index in [-0.39, 0.29) is 6.10 Å². The van der Waals surface area contributed by atoms with Crippen molar-refractivity contribution in [2.24, 2.45) is 0 Å². The fourth-order valence-corrected chi connectivity index (χ4v) is 3.72. The molecule has 1 N–H and O–H groups in total. The van der Waals surface area contributed by atoms with Crippen LogP contribution in [0.15, 0.2) is 66.7 Å². The molecule has 1 aromatic carbocycles. The van der Waals surface area contributed by atoms with Gasteiger partial charge in [-0.2, -0.15) is 0 Å². The SMILES string of the molecule is COC1C=CC(OC(=O)Nc2ccccc2-c2nc3ccncc3s2)=CC1. The van der Waals surface area contributed by atoms with Crippen LogP contribution in [0.4, 0.5) is 10.5 Å². The second kappa shape index (κ2) is 7.69. The molecule has 0 bridgehead atoms. The maximum atomic E-state index is 12.3. The number of benzene rings is 1. The van der Waals surface area contributed by atoms with E-state index in [1.807, 2.05) is 42.5 Å². The molecule has 1 atom stereocenters. The Kier molecular flexibility index (Phi) is 4.95. The van der Waals surface area contributed by atoms with Crippen LogP contribution in [0.25, 0.3) is 20.8 Å². The number of carbonyl (C=O) groups excluding carboxylic acids is 1. The first-order valence-electron chi connectivity index (χ1n) is 8.43. The minimum Gasteiger partial charge on any atom is -0.410 e. The summed E-state index contributed by atoms with van der Waals surface area (Å²) in [4.78, 5) is 21.1. The fraction of sp³-hybridized carbons (Fsp3) is 0.150. The molecule has 2 aromatic heterocycles. The highest BCUT2D eigenvalue weighted by molar-refractivity contribution is 7.21. The van der Waals surface area contributed by atoms with Crippen LogP contribution >= 0.6 is 11.3 Å². The van der Waals surface area contributed by atoms with E-state index < -0.39 is 6.09 Å². The highest BCUT2D eigenvalue weighted by atomic mass is 32.1. The van der Waals surface area contributed by atoms with Gasteiger partial charge >= 0.3 is 6.09 Å². The predicted octanol–water partition coefficient (Wildman–Crippen LogP) is 4.77. The van der Waals surface area contributed by atoms with Gasteiger partial charge in [0, 0.05) is 25.1 Å². The summed E-state index contributed by atoms with van der Waals surface area (Å²) >= 11 is 1.53. The van der Waals surface area contributed by atoms with E-state index in [4.69, 9.17) is 9.47 Å². The lowest BCUT2D eigenvalue weighted by atomic mass is 10.1. The number of anilines is 1. The summed E-state index contributed by atoms with van der Waals surface area (Å²) in [5.74, 6) is 0.504. The van der Waals surface area contributed by atoms with Crippen LogP contribution in [0.1, 0.15) is 6.42 Å². The summed E-state index contributed by atoms with van der Waals surface area (Å²) in [7, 11) is 1.65. The number of nitrogens with one attached hydrogen (secondary N) is 1. The second-order valence-corrected chi connectivity index (χ2v) is 6.93. The maximum Gasteiger partial charge on any atom is 0.417 e. The van der Waals surface area contributed by atoms with E-state index in [0.717, 1.165) is 20.8 Å². The Balaban J connectivity index is 1.52. The van der Waals surface area contributed by atoms with Crippen molar-refractivity contribution in [1.82, 2.24) is 9.97 Å². The van der Waals surface area contributed by atoms with Gasteiger partial charge in [-0.15, -0.1) is 11.3 Å². The van der Waals surface area contributed by atoms with E-state index >= 15 is 0 Å². The largest absolute Gasteiger partial charge is 0.417 e. The first-order valence-corrected chi connectivity index (χ1v) is 9.24. The van der Waals surface area contributed by atoms with Crippen LogP contribution in [-0.4, -0.2) is 29.3 Å². The van der Waals surface area contributed by atoms with E-state index in [0.29, 0.717) is 17.9 Å². The highest BCUT2D eigenvalue weighted by Crippen LogP contribution is 2.34. The van der Waals surface area contributed by atoms with Crippen molar-refractivity contribution in [1.29, 1.82) is 0 Å². The number of methoxy groups -OCH3 is 1. The fourth-order valence-electron chi connectivity index (χ4n) is 2.75. The topological polar surface area (TPSA) is 73.3 Å². The zero-order valence-electron chi connectivity index (χ0n) is 14.6. The summed E-state index contributed by atoms with van der Waals surface area (Å²) < 4.78 is 11.6. The molecule has 6 nitrogen and oxygen atoms in total. The minimum atomic E-state index is -0.544. The quantitative estimate of drug-likeness (QED) is 0.707. The lowest BCUT2D eigenvalue weighted by Gasteiger charge is -2.15. The molecule has 136 valence electrons. The lowest BCUT2D eigenvalue weighted by molar-refractivity contribution is 0.139. The number of allylic oxidation sites excluding steroid dienone is 1. The van der Waals surface area contributed by atoms with E-state index in [2.05, 4.69) is 15.3 Å². The third kappa shape index (κ3) is 3.89. The van der Waals surface area contributed by atoms with Crippen LogP contribution < -0.4 is 5.32 Å². The zero-order chi connectivity index (χ0) is 18.6. The number of aromatic nitrogens is 2. The number of nitrogens with zero attached hydrogens (tertiary/aromatic N) is 2. The Morgan fingerprint density at radius 2 is 2.19 bits per heavy atom. The van der Waals surface area contributed by atoms with Crippen molar-refractivity contribution in [3.8, 4) is 10.6 Å². The van der Waals surface area contributed by atoms with Gasteiger partial charge in [-0.3, -0.25) is 10.3 Å². The monoisotopic (exact) mass is 379 g/mol. The molecule has 0 aliphatic heterocycles. The number of pyridine rings is 1. The number of rotatable bonds is 4. The molecule has 0 saturated carbocycles. The average Bonchev–Trinajstić information content (AvgIpc) is 3.13. The molecular weight excluding hydrogens is 362 g/mol. The number of ether oxygens (including phenoxy) is 2. The number of hydrogen-bond acceptors (Lipinski definition) is 6. The van der Waals surface area contributed by atoms with Gasteiger partial charge in [-0.25, -0.2) is 9.78 Å². The van der Waals surface area contributed by atoms with E-state index in [1.54, 1.807) is 25.6 Å². The van der Waals surface area contributed by atoms with Crippen LogP contribution in [0, 0.1) is 0 Å². The van der Waals surface area contributed by atoms with Gasteiger partial charge in [-0.1, -0.05) is 18.2 Å². The number of para-hydroxylation sites is 1. The molecule has 3 aromatic rings. The predicted molar refractivity (Wildman–Crippen MR) is 106 cm³/mol. The van der Waals surface area contributed by atoms with Gasteiger partial charge in [0.25, 0.3) is 0 Å². The standard InChI is InChI=1S/C20H17N3O3S/c1-25-13-6-8-14(9-7-13)26-20(24)23-16-5-3-2-4-15(16)19-22-17-10-11-21-12-18(17)27-19/h2-6,8-13H,7H2,1H3,(H,23,24). The molecule has 4 rings (SSSR count). The molecule has 1 aliphatic carbocycles. The molecular formula is C20H17N3O3S. The Morgan fingerprint density at radius 3 is 2.96 bits per heavy atom. The van der Waals surface area contributed by atoms with Gasteiger partial charge in [0.05, 0.1) is 22.0 Å². The zero-order valence-corrected chi connectivity index (χ0v) is 15.4. The third-order valence-corrected chi connectivity index (χ3v) is 5.16. The molecule has 0 fully saturated rings. The second-order valence-electron chi connectivity index (χ2n) is 5.90. The first kappa shape index (κ1) is 17.4. The number of hydrogen-bond donors (Lipinski definition) is 1. The third-order valence-electron chi connectivity index (χ3n) is 4.13. The summed E-state index contributed by atoms with van der Waals surface area (Å²) in [5, 5.41) is 3.62. The van der Waals surface area contributed by atoms with Crippen molar-refractivity contribution >= 4 is 33.3 Å². The van der Waals surface area contributed by atoms with Gasteiger partial charge in [0.15, 0.2) is 0 Å². The number of fused-ring (bicyclic) bond motifs is 1. The van der Waals surface area contributed by atoms with Crippen molar-refractivity contribution in [3.63, 3.8) is 0 Å². The molecule has 0 spiro atoms. The molecule has 2 heterocycles. The van der Waals surface area contributed by atoms with Crippen molar-refractivity contribution in [2.75, 3.05) is 12.4 Å². The van der Waals surface area contributed by atoms with E-state index in [9.17, 15) is 4.79 Å². The normalized spacial score (nSPS) is 16.2. The Morgan fingerprint density at radius 1 is 1.30 bits per heavy atom. The van der Waals surface area contributed by atoms with Crippen LogP contribution in [-0.2, 0) is 9.47 Å². The molecule has 0 radical (unpaired) electrons. The summed E-state index contributed by atoms with van der Waals surface area (Å²) in [6.45, 7) is 0.